The van der Waals surface area contributed by atoms with Crippen LogP contribution in [0.1, 0.15) is 15.9 Å². The van der Waals surface area contributed by atoms with Gasteiger partial charge in [-0.15, -0.1) is 0 Å². The monoisotopic (exact) mass is 214 g/mol. The molecule has 0 aliphatic heterocycles. The van der Waals surface area contributed by atoms with E-state index < -0.39 is 11.7 Å². The fourth-order valence-electron chi connectivity index (χ4n) is 1.38. The smallest absolute Gasteiger partial charge is 0.298 e. The van der Waals surface area contributed by atoms with Gasteiger partial charge in [-0.05, 0) is 12.1 Å². The number of alkyl halides is 3. The highest BCUT2D eigenvalue weighted by Gasteiger charge is 2.34. The fourth-order valence-corrected chi connectivity index (χ4v) is 1.38. The molecule has 3 nitrogen and oxygen atoms in total. The normalized spacial score (nSPS) is 11.9. The molecule has 0 saturated carbocycles. The zero-order valence-corrected chi connectivity index (χ0v) is 7.32. The van der Waals surface area contributed by atoms with Gasteiger partial charge in [0.05, 0.1) is 22.8 Å². The van der Waals surface area contributed by atoms with Gasteiger partial charge in [0.25, 0.3) is 0 Å². The van der Waals surface area contributed by atoms with Gasteiger partial charge in [-0.2, -0.15) is 18.3 Å². The fraction of sp³-hybridized carbons (Fsp3) is 0.111. The van der Waals surface area contributed by atoms with E-state index >= 15 is 0 Å². The van der Waals surface area contributed by atoms with Gasteiger partial charge < -0.3 is 0 Å². The highest BCUT2D eigenvalue weighted by Crippen LogP contribution is 2.33. The molecule has 0 fully saturated rings. The van der Waals surface area contributed by atoms with Crippen LogP contribution in [0, 0.1) is 0 Å². The number of rotatable bonds is 1. The first kappa shape index (κ1) is 9.70. The van der Waals surface area contributed by atoms with Gasteiger partial charge in [0, 0.05) is 6.20 Å². The van der Waals surface area contributed by atoms with E-state index in [1.54, 1.807) is 0 Å². The lowest BCUT2D eigenvalue weighted by Gasteiger charge is -2.08. The van der Waals surface area contributed by atoms with E-state index in [0.29, 0.717) is 6.29 Å². The predicted molar refractivity (Wildman–Crippen MR) is 45.6 cm³/mol. The van der Waals surface area contributed by atoms with Crippen molar-refractivity contribution in [2.45, 2.75) is 6.18 Å². The Kier molecular flexibility index (Phi) is 1.99. The SMILES string of the molecule is O=Cc1cnn2cccc(C(F)(F)F)c12. The molecule has 0 atom stereocenters. The molecular formula is C9H5F3N2O. The second-order valence-corrected chi connectivity index (χ2v) is 2.93. The minimum Gasteiger partial charge on any atom is -0.298 e. The van der Waals surface area contributed by atoms with E-state index in [9.17, 15) is 18.0 Å². The standard InChI is InChI=1S/C9H5F3N2O/c10-9(11,12)7-2-1-3-14-8(7)6(5-15)4-13-14/h1-5H. The van der Waals surface area contributed by atoms with Gasteiger partial charge in [0.2, 0.25) is 0 Å². The highest BCUT2D eigenvalue weighted by molar-refractivity contribution is 5.87. The molecule has 78 valence electrons. The number of nitrogens with zero attached hydrogens (tertiary/aromatic N) is 2. The number of aldehydes is 1. The maximum absolute atomic E-state index is 12.6. The Labute approximate surface area is 82.1 Å². The molecule has 15 heavy (non-hydrogen) atoms. The number of carbonyl (C=O) groups excluding carboxylic acids is 1. The molecular weight excluding hydrogens is 209 g/mol. The van der Waals surface area contributed by atoms with E-state index in [4.69, 9.17) is 0 Å². The van der Waals surface area contributed by atoms with E-state index in [1.807, 2.05) is 0 Å². The van der Waals surface area contributed by atoms with Crippen LogP contribution in [0.25, 0.3) is 5.52 Å². The Morgan fingerprint density at radius 1 is 1.40 bits per heavy atom. The van der Waals surface area contributed by atoms with Crippen molar-refractivity contribution in [3.63, 3.8) is 0 Å². The van der Waals surface area contributed by atoms with E-state index in [-0.39, 0.29) is 11.1 Å². The quantitative estimate of drug-likeness (QED) is 0.682. The summed E-state index contributed by atoms with van der Waals surface area (Å²) in [6.45, 7) is 0. The summed E-state index contributed by atoms with van der Waals surface area (Å²) >= 11 is 0. The molecule has 6 heteroatoms. The van der Waals surface area contributed by atoms with Crippen LogP contribution in [0.4, 0.5) is 13.2 Å². The third kappa shape index (κ3) is 1.47. The van der Waals surface area contributed by atoms with Crippen molar-refractivity contribution in [1.82, 2.24) is 9.61 Å². The summed E-state index contributed by atoms with van der Waals surface area (Å²) < 4.78 is 38.7. The van der Waals surface area contributed by atoms with Crippen molar-refractivity contribution in [3.8, 4) is 0 Å². The first-order valence-corrected chi connectivity index (χ1v) is 4.03. The van der Waals surface area contributed by atoms with Gasteiger partial charge in [-0.1, -0.05) is 0 Å². The Bertz CT molecular complexity index is 516. The average Bonchev–Trinajstić information content (AvgIpc) is 2.58. The van der Waals surface area contributed by atoms with Gasteiger partial charge in [0.1, 0.15) is 0 Å². The van der Waals surface area contributed by atoms with Gasteiger partial charge >= 0.3 is 6.18 Å². The first-order chi connectivity index (χ1) is 7.04. The molecule has 2 aromatic rings. The molecule has 0 radical (unpaired) electrons. The molecule has 2 rings (SSSR count). The number of aromatic nitrogens is 2. The topological polar surface area (TPSA) is 34.4 Å². The van der Waals surface area contributed by atoms with Crippen LogP contribution in [0.3, 0.4) is 0 Å². The summed E-state index contributed by atoms with van der Waals surface area (Å²) in [7, 11) is 0. The summed E-state index contributed by atoms with van der Waals surface area (Å²) in [6, 6.07) is 2.15. The number of hydrogen-bond donors (Lipinski definition) is 0. The van der Waals surface area contributed by atoms with Crippen LogP contribution in [0.5, 0.6) is 0 Å². The third-order valence-electron chi connectivity index (χ3n) is 2.00. The number of hydrogen-bond acceptors (Lipinski definition) is 2. The molecule has 0 N–H and O–H groups in total. The average molecular weight is 214 g/mol. The van der Waals surface area contributed by atoms with Crippen LogP contribution in [0.2, 0.25) is 0 Å². The molecule has 0 aromatic carbocycles. The molecule has 0 saturated heterocycles. The second-order valence-electron chi connectivity index (χ2n) is 2.93. The Morgan fingerprint density at radius 2 is 2.13 bits per heavy atom. The van der Waals surface area contributed by atoms with Crippen molar-refractivity contribution >= 4 is 11.8 Å². The Balaban J connectivity index is 2.84. The molecule has 0 aliphatic carbocycles. The van der Waals surface area contributed by atoms with E-state index in [1.165, 1.54) is 12.3 Å². The first-order valence-electron chi connectivity index (χ1n) is 4.03. The second kappa shape index (κ2) is 3.08. The lowest BCUT2D eigenvalue weighted by Crippen LogP contribution is -2.08. The van der Waals surface area contributed by atoms with Crippen LogP contribution < -0.4 is 0 Å². The van der Waals surface area contributed by atoms with Crippen molar-refractivity contribution in [2.24, 2.45) is 0 Å². The number of fused-ring (bicyclic) bond motifs is 1. The van der Waals surface area contributed by atoms with Gasteiger partial charge in [-0.25, -0.2) is 4.52 Å². The minimum absolute atomic E-state index is 0.0667. The zero-order chi connectivity index (χ0) is 11.1. The number of pyridine rings is 1. The maximum atomic E-state index is 12.6. The summed E-state index contributed by atoms with van der Waals surface area (Å²) in [5.41, 5.74) is -1.13. The molecule has 0 bridgehead atoms. The van der Waals surface area contributed by atoms with Gasteiger partial charge in [0.15, 0.2) is 6.29 Å². The zero-order valence-electron chi connectivity index (χ0n) is 7.32. The molecule has 0 unspecified atom stereocenters. The number of carbonyl (C=O) groups is 1. The van der Waals surface area contributed by atoms with Crippen LogP contribution in [-0.4, -0.2) is 15.9 Å². The van der Waals surface area contributed by atoms with E-state index in [2.05, 4.69) is 5.10 Å². The number of halogens is 3. The molecule has 0 aliphatic rings. The van der Waals surface area contributed by atoms with Crippen molar-refractivity contribution in [1.29, 1.82) is 0 Å². The lowest BCUT2D eigenvalue weighted by molar-refractivity contribution is -0.136. The molecule has 2 aromatic heterocycles. The van der Waals surface area contributed by atoms with Crippen molar-refractivity contribution in [3.05, 3.63) is 35.7 Å². The predicted octanol–water partition coefficient (Wildman–Crippen LogP) is 2.17. The van der Waals surface area contributed by atoms with Crippen LogP contribution in [-0.2, 0) is 6.18 Å². The summed E-state index contributed by atoms with van der Waals surface area (Å²) in [4.78, 5) is 10.5. The summed E-state index contributed by atoms with van der Waals surface area (Å²) in [6.07, 6.45) is -1.66. The van der Waals surface area contributed by atoms with Crippen LogP contribution in [0.15, 0.2) is 24.5 Å². The summed E-state index contributed by atoms with van der Waals surface area (Å²) in [5.74, 6) is 0. The molecule has 0 amide bonds. The molecule has 2 heterocycles. The molecule has 0 spiro atoms. The maximum Gasteiger partial charge on any atom is 0.418 e. The largest absolute Gasteiger partial charge is 0.418 e. The van der Waals surface area contributed by atoms with Gasteiger partial charge in [-0.3, -0.25) is 4.79 Å². The lowest BCUT2D eigenvalue weighted by atomic mass is 10.1. The highest BCUT2D eigenvalue weighted by atomic mass is 19.4. The third-order valence-corrected chi connectivity index (χ3v) is 2.00. The van der Waals surface area contributed by atoms with E-state index in [0.717, 1.165) is 16.8 Å². The van der Waals surface area contributed by atoms with Crippen molar-refractivity contribution < 1.29 is 18.0 Å². The minimum atomic E-state index is -4.49. The Morgan fingerprint density at radius 3 is 2.73 bits per heavy atom. The Hall–Kier alpha value is -1.85. The van der Waals surface area contributed by atoms with Crippen molar-refractivity contribution in [2.75, 3.05) is 0 Å². The van der Waals surface area contributed by atoms with Crippen LogP contribution >= 0.6 is 0 Å². The summed E-state index contributed by atoms with van der Waals surface area (Å²) in [5, 5.41) is 3.65.